The minimum Gasteiger partial charge on any atom is -0.309 e. The second kappa shape index (κ2) is 4.87. The van der Waals surface area contributed by atoms with Crippen molar-refractivity contribution in [1.29, 1.82) is 0 Å². The molecule has 0 N–H and O–H groups in total. The quantitative estimate of drug-likeness (QED) is 0.475. The first kappa shape index (κ1) is 11.5. The second-order valence-electron chi connectivity index (χ2n) is 5.27. The summed E-state index contributed by atoms with van der Waals surface area (Å²) in [7, 11) is 0. The van der Waals surface area contributed by atoms with Crippen LogP contribution in [-0.4, -0.2) is 5.54 Å². The van der Waals surface area contributed by atoms with Crippen LogP contribution in [0.15, 0.2) is 24.3 Å². The van der Waals surface area contributed by atoms with Gasteiger partial charge in [0.2, 0.25) is 5.54 Å². The van der Waals surface area contributed by atoms with E-state index in [2.05, 4.69) is 36.1 Å². The lowest BCUT2D eigenvalue weighted by Crippen LogP contribution is -2.39. The van der Waals surface area contributed by atoms with Gasteiger partial charge < -0.3 is 4.85 Å². The Morgan fingerprint density at radius 3 is 1.88 bits per heavy atom. The van der Waals surface area contributed by atoms with E-state index < -0.39 is 0 Å². The molecule has 1 nitrogen and oxygen atoms in total. The van der Waals surface area contributed by atoms with Crippen molar-refractivity contribution in [1.82, 2.24) is 0 Å². The van der Waals surface area contributed by atoms with E-state index in [4.69, 9.17) is 6.57 Å². The van der Waals surface area contributed by atoms with Crippen molar-refractivity contribution in [3.63, 3.8) is 0 Å². The molecule has 0 spiro atoms. The molecule has 2 atom stereocenters. The van der Waals surface area contributed by atoms with Crippen LogP contribution in [0.2, 0.25) is 0 Å². The molecule has 0 fully saturated rings. The summed E-state index contributed by atoms with van der Waals surface area (Å²) in [5.41, 5.74) is -0.201. The predicted molar refractivity (Wildman–Crippen MR) is 68.0 cm³/mol. The van der Waals surface area contributed by atoms with Gasteiger partial charge in [-0.05, 0) is 38.5 Å². The summed E-state index contributed by atoms with van der Waals surface area (Å²) in [6.07, 6.45) is 16.4. The average Bonchev–Trinajstić information content (AvgIpc) is 2.40. The van der Waals surface area contributed by atoms with Crippen molar-refractivity contribution in [2.24, 2.45) is 11.8 Å². The highest BCUT2D eigenvalue weighted by Crippen LogP contribution is 2.41. The van der Waals surface area contributed by atoms with Crippen LogP contribution in [0.4, 0.5) is 0 Å². The van der Waals surface area contributed by atoms with E-state index >= 15 is 0 Å². The summed E-state index contributed by atoms with van der Waals surface area (Å²) < 4.78 is 0. The monoisotopic (exact) mass is 215 g/mol. The van der Waals surface area contributed by atoms with Gasteiger partial charge in [-0.1, -0.05) is 24.3 Å². The van der Waals surface area contributed by atoms with Crippen LogP contribution in [0.1, 0.15) is 45.4 Å². The Labute approximate surface area is 99.1 Å². The van der Waals surface area contributed by atoms with Crippen molar-refractivity contribution < 1.29 is 0 Å². The predicted octanol–water partition coefficient (Wildman–Crippen LogP) is 4.38. The summed E-state index contributed by atoms with van der Waals surface area (Å²) in [4.78, 5) is 4.01. The van der Waals surface area contributed by atoms with Gasteiger partial charge in [0.05, 0.1) is 11.8 Å². The molecule has 0 aromatic rings. The highest BCUT2D eigenvalue weighted by Gasteiger charge is 2.45. The molecule has 2 rings (SSSR count). The molecule has 0 saturated carbocycles. The van der Waals surface area contributed by atoms with Gasteiger partial charge in [-0.3, -0.25) is 0 Å². The van der Waals surface area contributed by atoms with E-state index in [1.807, 2.05) is 0 Å². The highest BCUT2D eigenvalue weighted by atomic mass is 14.8. The average molecular weight is 215 g/mol. The molecule has 0 aromatic carbocycles. The van der Waals surface area contributed by atoms with Crippen molar-refractivity contribution in [3.05, 3.63) is 35.7 Å². The minimum atomic E-state index is -0.201. The molecule has 16 heavy (non-hydrogen) atoms. The summed E-state index contributed by atoms with van der Waals surface area (Å²) >= 11 is 0. The Kier molecular flexibility index (Phi) is 3.49. The molecule has 0 aliphatic heterocycles. The molecule has 0 radical (unpaired) electrons. The van der Waals surface area contributed by atoms with Crippen molar-refractivity contribution >= 4 is 0 Å². The van der Waals surface area contributed by atoms with Crippen molar-refractivity contribution in [2.45, 2.75) is 51.0 Å². The van der Waals surface area contributed by atoms with Crippen LogP contribution in [-0.2, 0) is 0 Å². The van der Waals surface area contributed by atoms with E-state index in [1.165, 1.54) is 38.5 Å². The maximum Gasteiger partial charge on any atom is 0.242 e. The van der Waals surface area contributed by atoms with Crippen LogP contribution in [0.5, 0.6) is 0 Å². The van der Waals surface area contributed by atoms with Crippen LogP contribution in [0.3, 0.4) is 0 Å². The van der Waals surface area contributed by atoms with Gasteiger partial charge in [0.1, 0.15) is 0 Å². The fourth-order valence-electron chi connectivity index (χ4n) is 3.04. The van der Waals surface area contributed by atoms with E-state index in [1.54, 1.807) is 0 Å². The fourth-order valence-corrected chi connectivity index (χ4v) is 3.04. The van der Waals surface area contributed by atoms with Crippen LogP contribution in [0, 0.1) is 18.4 Å². The van der Waals surface area contributed by atoms with Crippen molar-refractivity contribution in [3.8, 4) is 0 Å². The summed E-state index contributed by atoms with van der Waals surface area (Å²) in [5, 5.41) is 0. The number of hydrogen-bond acceptors (Lipinski definition) is 0. The zero-order valence-electron chi connectivity index (χ0n) is 10.2. The summed E-state index contributed by atoms with van der Waals surface area (Å²) in [6.45, 7) is 9.75. The molecule has 2 unspecified atom stereocenters. The molecule has 0 amide bonds. The lowest BCUT2D eigenvalue weighted by molar-refractivity contribution is 0.275. The van der Waals surface area contributed by atoms with Gasteiger partial charge in [0.25, 0.3) is 0 Å². The molecule has 2 aliphatic rings. The van der Waals surface area contributed by atoms with Gasteiger partial charge >= 0.3 is 0 Å². The first-order valence-electron chi connectivity index (χ1n) is 6.49. The Bertz CT molecular complexity index is 308. The Balaban J connectivity index is 2.20. The highest BCUT2D eigenvalue weighted by molar-refractivity contribution is 5.17. The maximum atomic E-state index is 7.59. The fraction of sp³-hybridized carbons (Fsp3) is 0.667. The molecule has 0 saturated heterocycles. The van der Waals surface area contributed by atoms with E-state index in [9.17, 15) is 0 Å². The third-order valence-corrected chi connectivity index (χ3v) is 4.25. The first-order valence-corrected chi connectivity index (χ1v) is 6.49. The van der Waals surface area contributed by atoms with E-state index in [0.29, 0.717) is 11.8 Å². The minimum absolute atomic E-state index is 0.201. The Hall–Kier alpha value is -1.03. The number of rotatable bonds is 2. The van der Waals surface area contributed by atoms with Crippen LogP contribution < -0.4 is 0 Å². The number of allylic oxidation sites excluding steroid dienone is 2. The van der Waals surface area contributed by atoms with Gasteiger partial charge in [0, 0.05) is 6.92 Å². The van der Waals surface area contributed by atoms with Crippen LogP contribution >= 0.6 is 0 Å². The molecule has 1 heteroatoms. The zero-order valence-corrected chi connectivity index (χ0v) is 10.2. The molecule has 86 valence electrons. The number of hydrogen-bond donors (Lipinski definition) is 0. The molecule has 0 heterocycles. The lowest BCUT2D eigenvalue weighted by Gasteiger charge is -2.33. The topological polar surface area (TPSA) is 4.36 Å². The maximum absolute atomic E-state index is 7.59. The molecular weight excluding hydrogens is 194 g/mol. The third-order valence-electron chi connectivity index (χ3n) is 4.25. The van der Waals surface area contributed by atoms with Gasteiger partial charge in [-0.2, -0.15) is 0 Å². The largest absolute Gasteiger partial charge is 0.309 e. The standard InChI is InChI=1S/C15H21N/c1-15(16-2,13-9-5-3-6-10-13)14-11-7-4-8-12-14/h5,7,9,11,13-14H,3-4,6,8,10,12H2,1H3. The first-order chi connectivity index (χ1) is 7.77. The van der Waals surface area contributed by atoms with Crippen LogP contribution in [0.25, 0.3) is 4.85 Å². The van der Waals surface area contributed by atoms with Gasteiger partial charge in [-0.25, -0.2) is 6.57 Å². The van der Waals surface area contributed by atoms with E-state index in [0.717, 1.165) is 0 Å². The smallest absolute Gasteiger partial charge is 0.242 e. The molecule has 2 aliphatic carbocycles. The van der Waals surface area contributed by atoms with Gasteiger partial charge in [0.15, 0.2) is 0 Å². The zero-order chi connectivity index (χ0) is 11.4. The molecule has 0 bridgehead atoms. The lowest BCUT2D eigenvalue weighted by atomic mass is 9.69. The Morgan fingerprint density at radius 1 is 1.06 bits per heavy atom. The second-order valence-corrected chi connectivity index (χ2v) is 5.27. The summed E-state index contributed by atoms with van der Waals surface area (Å²) in [5.74, 6) is 0.929. The number of nitrogens with zero attached hydrogens (tertiary/aromatic N) is 1. The SMILES string of the molecule is [C-]#[N+]C(C)(C1C=CCCC1)C1C=CCCC1. The van der Waals surface area contributed by atoms with Crippen molar-refractivity contribution in [2.75, 3.05) is 0 Å². The van der Waals surface area contributed by atoms with E-state index in [-0.39, 0.29) is 5.54 Å². The Morgan fingerprint density at radius 2 is 1.56 bits per heavy atom. The summed E-state index contributed by atoms with van der Waals surface area (Å²) in [6, 6.07) is 0. The third kappa shape index (κ3) is 2.07. The molecular formula is C15H21N. The molecule has 0 aromatic heterocycles. The van der Waals surface area contributed by atoms with Gasteiger partial charge in [-0.15, -0.1) is 0 Å². The normalized spacial score (nSPS) is 33.0.